The Hall–Kier alpha value is -1.14. The van der Waals surface area contributed by atoms with E-state index in [1.807, 2.05) is 23.8 Å². The Balaban J connectivity index is 2.23. The summed E-state index contributed by atoms with van der Waals surface area (Å²) in [6, 6.07) is 0. The number of amides is 1. The first-order chi connectivity index (χ1) is 8.49. The number of ether oxygens (including phenoxy) is 1. The van der Waals surface area contributed by atoms with Crippen LogP contribution >= 0.6 is 0 Å². The summed E-state index contributed by atoms with van der Waals surface area (Å²) in [6.07, 6.45) is 0.811. The molecule has 0 radical (unpaired) electrons. The summed E-state index contributed by atoms with van der Waals surface area (Å²) < 4.78 is 5.38. The molecule has 1 atom stereocenters. The Morgan fingerprint density at radius 3 is 2.83 bits per heavy atom. The van der Waals surface area contributed by atoms with E-state index in [9.17, 15) is 9.59 Å². The summed E-state index contributed by atoms with van der Waals surface area (Å²) >= 11 is 0. The van der Waals surface area contributed by atoms with E-state index in [2.05, 4.69) is 0 Å². The highest BCUT2D eigenvalue weighted by Gasteiger charge is 2.21. The van der Waals surface area contributed by atoms with Gasteiger partial charge in [0.25, 0.3) is 0 Å². The monoisotopic (exact) mass is 258 g/mol. The van der Waals surface area contributed by atoms with Crippen molar-refractivity contribution in [2.45, 2.75) is 25.9 Å². The highest BCUT2D eigenvalue weighted by molar-refractivity contribution is 5.78. The number of likely N-dealkylation sites (N-methyl/N-ethyl adjacent to an activating group) is 1. The first kappa shape index (κ1) is 14.9. The number of carboxylic acids is 1. The van der Waals surface area contributed by atoms with Crippen molar-refractivity contribution in [3.05, 3.63) is 0 Å². The van der Waals surface area contributed by atoms with Gasteiger partial charge in [-0.25, -0.2) is 0 Å². The van der Waals surface area contributed by atoms with Gasteiger partial charge in [0.15, 0.2) is 0 Å². The van der Waals surface area contributed by atoms with Gasteiger partial charge in [-0.15, -0.1) is 0 Å². The molecular weight excluding hydrogens is 236 g/mol. The fraction of sp³-hybridized carbons (Fsp3) is 0.833. The lowest BCUT2D eigenvalue weighted by atomic mass is 10.2. The molecule has 1 N–H and O–H groups in total. The molecule has 0 spiro atoms. The third-order valence-electron chi connectivity index (χ3n) is 2.93. The first-order valence-electron chi connectivity index (χ1n) is 6.28. The lowest BCUT2D eigenvalue weighted by molar-refractivity contribution is -0.139. The second-order valence-corrected chi connectivity index (χ2v) is 4.76. The highest BCUT2D eigenvalue weighted by Crippen LogP contribution is 2.05. The molecule has 1 unspecified atom stereocenters. The van der Waals surface area contributed by atoms with E-state index in [0.29, 0.717) is 39.2 Å². The van der Waals surface area contributed by atoms with Crippen LogP contribution in [0.25, 0.3) is 0 Å². The molecule has 0 aliphatic carbocycles. The summed E-state index contributed by atoms with van der Waals surface area (Å²) in [4.78, 5) is 26.0. The predicted molar refractivity (Wildman–Crippen MR) is 66.4 cm³/mol. The number of morpholine rings is 1. The van der Waals surface area contributed by atoms with Gasteiger partial charge in [-0.05, 0) is 26.9 Å². The number of hydrogen-bond donors (Lipinski definition) is 1. The van der Waals surface area contributed by atoms with Crippen molar-refractivity contribution in [1.29, 1.82) is 0 Å². The molecule has 0 aromatic heterocycles. The van der Waals surface area contributed by atoms with Crippen molar-refractivity contribution in [2.24, 2.45) is 0 Å². The number of carboxylic acid groups (broad SMARTS) is 1. The molecule has 1 saturated heterocycles. The van der Waals surface area contributed by atoms with Crippen LogP contribution in [0.15, 0.2) is 0 Å². The molecule has 104 valence electrons. The van der Waals surface area contributed by atoms with Crippen LogP contribution in [0.1, 0.15) is 19.8 Å². The topological polar surface area (TPSA) is 70.1 Å². The van der Waals surface area contributed by atoms with Crippen LogP contribution in [0.2, 0.25) is 0 Å². The standard InChI is InChI=1S/C12H22N2O4/c1-10-8-14(6-7-18-10)11(15)9-13(2)5-3-4-12(16)17/h10H,3-9H2,1-2H3,(H,16,17). The van der Waals surface area contributed by atoms with Gasteiger partial charge in [0.05, 0.1) is 19.3 Å². The smallest absolute Gasteiger partial charge is 0.303 e. The molecular formula is C12H22N2O4. The molecule has 1 amide bonds. The van der Waals surface area contributed by atoms with Crippen molar-refractivity contribution >= 4 is 11.9 Å². The minimum atomic E-state index is -0.795. The number of nitrogens with zero attached hydrogens (tertiary/aromatic N) is 2. The number of hydrogen-bond acceptors (Lipinski definition) is 4. The van der Waals surface area contributed by atoms with Crippen molar-refractivity contribution in [2.75, 3.05) is 39.8 Å². The Morgan fingerprint density at radius 1 is 1.50 bits per heavy atom. The Bertz CT molecular complexity index is 296. The average Bonchev–Trinajstić information content (AvgIpc) is 2.28. The van der Waals surface area contributed by atoms with Crippen LogP contribution in [-0.2, 0) is 14.3 Å². The molecule has 1 heterocycles. The van der Waals surface area contributed by atoms with Gasteiger partial charge in [0, 0.05) is 19.5 Å². The van der Waals surface area contributed by atoms with E-state index in [4.69, 9.17) is 9.84 Å². The van der Waals surface area contributed by atoms with Gasteiger partial charge in [-0.3, -0.25) is 14.5 Å². The number of carbonyl (C=O) groups excluding carboxylic acids is 1. The van der Waals surface area contributed by atoms with Gasteiger partial charge >= 0.3 is 5.97 Å². The van der Waals surface area contributed by atoms with Crippen LogP contribution in [0.4, 0.5) is 0 Å². The van der Waals surface area contributed by atoms with Crippen LogP contribution < -0.4 is 0 Å². The molecule has 1 aliphatic heterocycles. The van der Waals surface area contributed by atoms with Crippen LogP contribution in [0.3, 0.4) is 0 Å². The number of aliphatic carboxylic acids is 1. The number of carbonyl (C=O) groups is 2. The third kappa shape index (κ3) is 5.46. The quantitative estimate of drug-likeness (QED) is 0.728. The fourth-order valence-electron chi connectivity index (χ4n) is 1.96. The second-order valence-electron chi connectivity index (χ2n) is 4.76. The minimum absolute atomic E-state index is 0.0861. The molecule has 18 heavy (non-hydrogen) atoms. The largest absolute Gasteiger partial charge is 0.481 e. The normalized spacial score (nSPS) is 20.2. The average molecular weight is 258 g/mol. The van der Waals surface area contributed by atoms with Crippen molar-refractivity contribution < 1.29 is 19.4 Å². The summed E-state index contributed by atoms with van der Waals surface area (Å²) in [5.74, 6) is -0.709. The molecule has 0 bridgehead atoms. The Kier molecular flexibility index (Phi) is 6.07. The van der Waals surface area contributed by atoms with Crippen LogP contribution in [0, 0.1) is 0 Å². The molecule has 1 rings (SSSR count). The van der Waals surface area contributed by atoms with Crippen molar-refractivity contribution in [3.8, 4) is 0 Å². The Morgan fingerprint density at radius 2 is 2.22 bits per heavy atom. The van der Waals surface area contributed by atoms with Gasteiger partial charge in [-0.1, -0.05) is 0 Å². The SMILES string of the molecule is CC1CN(C(=O)CN(C)CCCC(=O)O)CCO1. The molecule has 0 saturated carbocycles. The van der Waals surface area contributed by atoms with Crippen LogP contribution in [-0.4, -0.2) is 72.7 Å². The lowest BCUT2D eigenvalue weighted by Crippen LogP contribution is -2.47. The van der Waals surface area contributed by atoms with Crippen LogP contribution in [0.5, 0.6) is 0 Å². The van der Waals surface area contributed by atoms with Crippen molar-refractivity contribution in [3.63, 3.8) is 0 Å². The van der Waals surface area contributed by atoms with Crippen molar-refractivity contribution in [1.82, 2.24) is 9.80 Å². The summed E-state index contributed by atoms with van der Waals surface area (Å²) in [7, 11) is 1.84. The van der Waals surface area contributed by atoms with Gasteiger partial charge in [0.2, 0.25) is 5.91 Å². The van der Waals surface area contributed by atoms with E-state index in [-0.39, 0.29) is 18.4 Å². The maximum Gasteiger partial charge on any atom is 0.303 e. The summed E-state index contributed by atoms with van der Waals surface area (Å²) in [5, 5.41) is 8.53. The molecule has 6 nitrogen and oxygen atoms in total. The van der Waals surface area contributed by atoms with Gasteiger partial charge in [-0.2, -0.15) is 0 Å². The molecule has 0 aromatic carbocycles. The van der Waals surface area contributed by atoms with E-state index in [1.165, 1.54) is 0 Å². The third-order valence-corrected chi connectivity index (χ3v) is 2.93. The zero-order valence-corrected chi connectivity index (χ0v) is 11.1. The zero-order chi connectivity index (χ0) is 13.5. The maximum atomic E-state index is 12.0. The van der Waals surface area contributed by atoms with Gasteiger partial charge < -0.3 is 14.7 Å². The highest BCUT2D eigenvalue weighted by atomic mass is 16.5. The fourth-order valence-corrected chi connectivity index (χ4v) is 1.96. The van der Waals surface area contributed by atoms with E-state index < -0.39 is 5.97 Å². The second kappa shape index (κ2) is 7.33. The zero-order valence-electron chi connectivity index (χ0n) is 11.1. The predicted octanol–water partition coefficient (Wildman–Crippen LogP) is 0.0303. The number of rotatable bonds is 6. The molecule has 1 fully saturated rings. The first-order valence-corrected chi connectivity index (χ1v) is 6.28. The molecule has 0 aromatic rings. The summed E-state index contributed by atoms with van der Waals surface area (Å²) in [5.41, 5.74) is 0. The Labute approximate surface area is 107 Å². The lowest BCUT2D eigenvalue weighted by Gasteiger charge is -2.32. The molecule has 1 aliphatic rings. The summed E-state index contributed by atoms with van der Waals surface area (Å²) in [6.45, 7) is 4.80. The minimum Gasteiger partial charge on any atom is -0.481 e. The van der Waals surface area contributed by atoms with E-state index in [1.54, 1.807) is 0 Å². The van der Waals surface area contributed by atoms with E-state index >= 15 is 0 Å². The van der Waals surface area contributed by atoms with Gasteiger partial charge in [0.1, 0.15) is 0 Å². The molecule has 6 heteroatoms. The maximum absolute atomic E-state index is 12.0. The van der Waals surface area contributed by atoms with E-state index in [0.717, 1.165) is 0 Å².